The van der Waals surface area contributed by atoms with Crippen LogP contribution in [0, 0.1) is 6.92 Å². The Morgan fingerprint density at radius 3 is 2.58 bits per heavy atom. The van der Waals surface area contributed by atoms with Crippen molar-refractivity contribution in [2.24, 2.45) is 0 Å². The molecule has 2 unspecified atom stereocenters. The van der Waals surface area contributed by atoms with Crippen LogP contribution >= 0.6 is 0 Å². The van der Waals surface area contributed by atoms with Crippen LogP contribution in [0.4, 0.5) is 0 Å². The topological polar surface area (TPSA) is 21.3 Å². The van der Waals surface area contributed by atoms with Crippen LogP contribution in [0.25, 0.3) is 0 Å². The summed E-state index contributed by atoms with van der Waals surface area (Å²) in [6.45, 7) is 5.34. The maximum Gasteiger partial charge on any atom is 0.122 e. The van der Waals surface area contributed by atoms with Gasteiger partial charge in [-0.15, -0.1) is 0 Å². The maximum atomic E-state index is 6.32. The SMILES string of the molecule is CCNC1CCCCCCC1Oc1ccccc1C. The van der Waals surface area contributed by atoms with Crippen molar-refractivity contribution < 1.29 is 4.74 Å². The van der Waals surface area contributed by atoms with E-state index < -0.39 is 0 Å². The van der Waals surface area contributed by atoms with Gasteiger partial charge in [0.1, 0.15) is 11.9 Å². The summed E-state index contributed by atoms with van der Waals surface area (Å²) < 4.78 is 6.32. The minimum Gasteiger partial charge on any atom is -0.489 e. The highest BCUT2D eigenvalue weighted by Crippen LogP contribution is 2.25. The van der Waals surface area contributed by atoms with Crippen LogP contribution in [0.2, 0.25) is 0 Å². The van der Waals surface area contributed by atoms with Gasteiger partial charge in [-0.3, -0.25) is 0 Å². The lowest BCUT2D eigenvalue weighted by molar-refractivity contribution is 0.127. The van der Waals surface area contributed by atoms with E-state index in [4.69, 9.17) is 4.74 Å². The molecule has 0 radical (unpaired) electrons. The van der Waals surface area contributed by atoms with Crippen molar-refractivity contribution in [1.82, 2.24) is 5.32 Å². The Kier molecular flexibility index (Phi) is 5.71. The Hall–Kier alpha value is -1.02. The molecule has 0 bridgehead atoms. The summed E-state index contributed by atoms with van der Waals surface area (Å²) in [6, 6.07) is 8.86. The molecule has 2 atom stereocenters. The van der Waals surface area contributed by atoms with Gasteiger partial charge in [-0.05, 0) is 44.4 Å². The van der Waals surface area contributed by atoms with Gasteiger partial charge in [-0.1, -0.05) is 44.4 Å². The molecule has 106 valence electrons. The lowest BCUT2D eigenvalue weighted by Gasteiger charge is -2.31. The van der Waals surface area contributed by atoms with E-state index in [0.717, 1.165) is 12.3 Å². The van der Waals surface area contributed by atoms with Crippen LogP contribution in [0.1, 0.15) is 51.0 Å². The number of aryl methyl sites for hydroxylation is 1. The van der Waals surface area contributed by atoms with Crippen LogP contribution in [0.15, 0.2) is 24.3 Å². The molecule has 0 amide bonds. The molecule has 0 aromatic heterocycles. The van der Waals surface area contributed by atoms with Gasteiger partial charge in [0.25, 0.3) is 0 Å². The van der Waals surface area contributed by atoms with Crippen molar-refractivity contribution in [2.45, 2.75) is 64.5 Å². The van der Waals surface area contributed by atoms with E-state index in [-0.39, 0.29) is 0 Å². The highest BCUT2D eigenvalue weighted by atomic mass is 16.5. The summed E-state index contributed by atoms with van der Waals surface area (Å²) >= 11 is 0. The van der Waals surface area contributed by atoms with Gasteiger partial charge < -0.3 is 10.1 Å². The van der Waals surface area contributed by atoms with E-state index in [2.05, 4.69) is 43.4 Å². The second kappa shape index (κ2) is 7.54. The van der Waals surface area contributed by atoms with E-state index >= 15 is 0 Å². The molecule has 1 aromatic rings. The summed E-state index contributed by atoms with van der Waals surface area (Å²) in [5.74, 6) is 1.05. The fourth-order valence-corrected chi connectivity index (χ4v) is 2.94. The second-order valence-corrected chi connectivity index (χ2v) is 5.58. The average Bonchev–Trinajstić information content (AvgIpc) is 2.39. The predicted molar refractivity (Wildman–Crippen MR) is 80.8 cm³/mol. The summed E-state index contributed by atoms with van der Waals surface area (Å²) in [6.07, 6.45) is 8.08. The lowest BCUT2D eigenvalue weighted by atomic mass is 9.94. The summed E-state index contributed by atoms with van der Waals surface area (Å²) in [5.41, 5.74) is 1.24. The first kappa shape index (κ1) is 14.4. The molecule has 2 heteroatoms. The Bertz CT molecular complexity index is 377. The molecule has 2 rings (SSSR count). The molecular formula is C17H27NO. The molecule has 0 aliphatic heterocycles. The molecule has 0 heterocycles. The molecule has 1 aromatic carbocycles. The van der Waals surface area contributed by atoms with Crippen molar-refractivity contribution in [3.8, 4) is 5.75 Å². The van der Waals surface area contributed by atoms with Crippen molar-refractivity contribution in [1.29, 1.82) is 0 Å². The average molecular weight is 261 g/mol. The Morgan fingerprint density at radius 1 is 1.11 bits per heavy atom. The van der Waals surface area contributed by atoms with Gasteiger partial charge in [0, 0.05) is 6.04 Å². The van der Waals surface area contributed by atoms with E-state index in [9.17, 15) is 0 Å². The first-order valence-electron chi connectivity index (χ1n) is 7.77. The number of nitrogens with one attached hydrogen (secondary N) is 1. The fourth-order valence-electron chi connectivity index (χ4n) is 2.94. The molecule has 0 spiro atoms. The van der Waals surface area contributed by atoms with Crippen LogP contribution in [-0.4, -0.2) is 18.7 Å². The standard InChI is InChI=1S/C17H27NO/c1-3-18-15-11-6-4-5-7-13-17(15)19-16-12-9-8-10-14(16)2/h8-10,12,15,17-18H,3-7,11,13H2,1-2H3. The van der Waals surface area contributed by atoms with Gasteiger partial charge in [0.15, 0.2) is 0 Å². The molecule has 19 heavy (non-hydrogen) atoms. The first-order chi connectivity index (χ1) is 9.31. The van der Waals surface area contributed by atoms with E-state index in [1.165, 1.54) is 44.1 Å². The van der Waals surface area contributed by atoms with Crippen molar-refractivity contribution >= 4 is 0 Å². The number of hydrogen-bond donors (Lipinski definition) is 1. The van der Waals surface area contributed by atoms with Crippen molar-refractivity contribution in [3.63, 3.8) is 0 Å². The zero-order chi connectivity index (χ0) is 13.5. The molecular weight excluding hydrogens is 234 g/mol. The quantitative estimate of drug-likeness (QED) is 0.882. The van der Waals surface area contributed by atoms with Crippen LogP contribution in [0.3, 0.4) is 0 Å². The Balaban J connectivity index is 2.06. The van der Waals surface area contributed by atoms with E-state index in [1.807, 2.05) is 0 Å². The highest BCUT2D eigenvalue weighted by molar-refractivity contribution is 5.32. The van der Waals surface area contributed by atoms with Crippen LogP contribution in [-0.2, 0) is 0 Å². The minimum absolute atomic E-state index is 0.321. The lowest BCUT2D eigenvalue weighted by Crippen LogP contribution is -2.43. The predicted octanol–water partition coefficient (Wildman–Crippen LogP) is 4.07. The third kappa shape index (κ3) is 4.24. The van der Waals surface area contributed by atoms with Crippen LogP contribution < -0.4 is 10.1 Å². The minimum atomic E-state index is 0.321. The highest BCUT2D eigenvalue weighted by Gasteiger charge is 2.23. The molecule has 2 nitrogen and oxygen atoms in total. The van der Waals surface area contributed by atoms with Gasteiger partial charge in [-0.25, -0.2) is 0 Å². The summed E-state index contributed by atoms with van der Waals surface area (Å²) in [5, 5.41) is 3.62. The Labute approximate surface area is 117 Å². The number of benzene rings is 1. The summed E-state index contributed by atoms with van der Waals surface area (Å²) in [7, 11) is 0. The van der Waals surface area contributed by atoms with Crippen LogP contribution in [0.5, 0.6) is 5.75 Å². The third-order valence-electron chi connectivity index (χ3n) is 4.04. The Morgan fingerprint density at radius 2 is 1.84 bits per heavy atom. The first-order valence-corrected chi connectivity index (χ1v) is 7.77. The van der Waals surface area contributed by atoms with E-state index in [1.54, 1.807) is 0 Å². The number of para-hydroxylation sites is 1. The number of ether oxygens (including phenoxy) is 1. The van der Waals surface area contributed by atoms with Crippen molar-refractivity contribution in [2.75, 3.05) is 6.54 Å². The largest absolute Gasteiger partial charge is 0.489 e. The molecule has 1 fully saturated rings. The maximum absolute atomic E-state index is 6.32. The van der Waals surface area contributed by atoms with Gasteiger partial charge in [0.05, 0.1) is 0 Å². The second-order valence-electron chi connectivity index (χ2n) is 5.58. The normalized spacial score (nSPS) is 24.5. The molecule has 1 N–H and O–H groups in total. The number of hydrogen-bond acceptors (Lipinski definition) is 2. The third-order valence-corrected chi connectivity index (χ3v) is 4.04. The number of rotatable bonds is 4. The van der Waals surface area contributed by atoms with E-state index in [0.29, 0.717) is 12.1 Å². The fraction of sp³-hybridized carbons (Fsp3) is 0.647. The van der Waals surface area contributed by atoms with Crippen molar-refractivity contribution in [3.05, 3.63) is 29.8 Å². The van der Waals surface area contributed by atoms with Gasteiger partial charge >= 0.3 is 0 Å². The molecule has 1 saturated carbocycles. The zero-order valence-electron chi connectivity index (χ0n) is 12.3. The summed E-state index contributed by atoms with van der Waals surface area (Å²) in [4.78, 5) is 0. The molecule has 1 aliphatic rings. The van der Waals surface area contributed by atoms with Gasteiger partial charge in [-0.2, -0.15) is 0 Å². The monoisotopic (exact) mass is 261 g/mol. The molecule has 1 aliphatic carbocycles. The van der Waals surface area contributed by atoms with Gasteiger partial charge in [0.2, 0.25) is 0 Å². The smallest absolute Gasteiger partial charge is 0.122 e. The zero-order valence-corrected chi connectivity index (χ0v) is 12.3. The number of likely N-dealkylation sites (N-methyl/N-ethyl adjacent to an activating group) is 1. The molecule has 0 saturated heterocycles.